The van der Waals surface area contributed by atoms with Crippen molar-refractivity contribution in [2.45, 2.75) is 6.92 Å². The minimum Gasteiger partial charge on any atom is -0.0622 e. The van der Waals surface area contributed by atoms with Gasteiger partial charge in [0.2, 0.25) is 0 Å². The largest absolute Gasteiger partial charge is 0.0622 e. The van der Waals surface area contributed by atoms with E-state index < -0.39 is 0 Å². The zero-order valence-electron chi connectivity index (χ0n) is 20.8. The average Bonchev–Trinajstić information content (AvgIpc) is 2.97. The highest BCUT2D eigenvalue weighted by atomic mass is 14.2. The van der Waals surface area contributed by atoms with E-state index in [0.29, 0.717) is 0 Å². The number of aryl methyl sites for hydroxylation is 1. The van der Waals surface area contributed by atoms with Crippen LogP contribution in [0, 0.1) is 6.92 Å². The van der Waals surface area contributed by atoms with Gasteiger partial charge < -0.3 is 0 Å². The lowest BCUT2D eigenvalue weighted by Crippen LogP contribution is -1.91. The van der Waals surface area contributed by atoms with Gasteiger partial charge in [0, 0.05) is 0 Å². The molecule has 0 heterocycles. The van der Waals surface area contributed by atoms with E-state index in [0.717, 1.165) is 0 Å². The molecule has 0 radical (unpaired) electrons. The maximum atomic E-state index is 2.37. The van der Waals surface area contributed by atoms with E-state index >= 15 is 0 Å². The Morgan fingerprint density at radius 1 is 0.324 bits per heavy atom. The Balaban J connectivity index is 1.42. The molecule has 0 unspecified atom stereocenters. The topological polar surface area (TPSA) is 0 Å². The highest BCUT2D eigenvalue weighted by Crippen LogP contribution is 2.41. The normalized spacial score (nSPS) is 11.4. The van der Waals surface area contributed by atoms with Gasteiger partial charge in [-0.2, -0.15) is 0 Å². The first kappa shape index (κ1) is 21.6. The Bertz CT molecular complexity index is 1910. The zero-order chi connectivity index (χ0) is 24.8. The summed E-state index contributed by atoms with van der Waals surface area (Å²) in [5, 5.41) is 7.77. The van der Waals surface area contributed by atoms with Crippen LogP contribution >= 0.6 is 0 Å². The molecular weight excluding hydrogens is 444 g/mol. The zero-order valence-corrected chi connectivity index (χ0v) is 20.8. The molecule has 0 bridgehead atoms. The Morgan fingerprint density at radius 3 is 1.68 bits per heavy atom. The minimum absolute atomic E-state index is 1.24. The van der Waals surface area contributed by atoms with Crippen LogP contribution in [0.3, 0.4) is 0 Å². The van der Waals surface area contributed by atoms with Gasteiger partial charge in [-0.3, -0.25) is 0 Å². The smallest absolute Gasteiger partial charge is 0.00695 e. The SMILES string of the molecule is Cc1c(-c2ccc(-c3ccc4ccccc4c3)cc2)c2cc(-c3ccccc3)ccc2c2ccccc12. The second-order valence-electron chi connectivity index (χ2n) is 9.81. The molecule has 0 atom stereocenters. The summed E-state index contributed by atoms with van der Waals surface area (Å²) in [5.74, 6) is 0. The monoisotopic (exact) mass is 470 g/mol. The highest BCUT2D eigenvalue weighted by molar-refractivity contribution is 6.16. The molecule has 0 spiro atoms. The summed E-state index contributed by atoms with van der Waals surface area (Å²) in [5.41, 5.74) is 8.87. The molecule has 0 saturated carbocycles. The third-order valence-electron chi connectivity index (χ3n) is 7.65. The average molecular weight is 471 g/mol. The van der Waals surface area contributed by atoms with Crippen LogP contribution in [0.5, 0.6) is 0 Å². The van der Waals surface area contributed by atoms with E-state index in [4.69, 9.17) is 0 Å². The molecule has 0 fully saturated rings. The van der Waals surface area contributed by atoms with Crippen molar-refractivity contribution in [2.24, 2.45) is 0 Å². The number of hydrogen-bond acceptors (Lipinski definition) is 0. The molecule has 0 heteroatoms. The third-order valence-corrected chi connectivity index (χ3v) is 7.65. The second-order valence-corrected chi connectivity index (χ2v) is 9.81. The second kappa shape index (κ2) is 8.76. The summed E-state index contributed by atoms with van der Waals surface area (Å²) in [7, 11) is 0. The Morgan fingerprint density at radius 2 is 0.865 bits per heavy atom. The van der Waals surface area contributed by atoms with Crippen LogP contribution in [0.1, 0.15) is 5.56 Å². The lowest BCUT2D eigenvalue weighted by atomic mass is 9.87. The summed E-state index contributed by atoms with van der Waals surface area (Å²) < 4.78 is 0. The molecule has 37 heavy (non-hydrogen) atoms. The fraction of sp³-hybridized carbons (Fsp3) is 0.0270. The Kier molecular flexibility index (Phi) is 5.11. The molecule has 7 aromatic carbocycles. The molecule has 7 aromatic rings. The van der Waals surface area contributed by atoms with Gasteiger partial charge in [0.1, 0.15) is 0 Å². The highest BCUT2D eigenvalue weighted by Gasteiger charge is 2.14. The molecule has 0 aliphatic heterocycles. The lowest BCUT2D eigenvalue weighted by Gasteiger charge is -2.17. The molecule has 0 aliphatic rings. The maximum Gasteiger partial charge on any atom is -0.00695 e. The van der Waals surface area contributed by atoms with Gasteiger partial charge in [-0.05, 0) is 90.3 Å². The molecule has 0 aliphatic carbocycles. The van der Waals surface area contributed by atoms with Gasteiger partial charge >= 0.3 is 0 Å². The van der Waals surface area contributed by atoms with Gasteiger partial charge in [0.05, 0.1) is 0 Å². The lowest BCUT2D eigenvalue weighted by molar-refractivity contribution is 1.52. The summed E-state index contributed by atoms with van der Waals surface area (Å²) in [4.78, 5) is 0. The predicted octanol–water partition coefficient (Wildman–Crippen LogP) is 10.5. The van der Waals surface area contributed by atoms with Gasteiger partial charge in [-0.15, -0.1) is 0 Å². The molecule has 0 aromatic heterocycles. The van der Waals surface area contributed by atoms with Crippen LogP contribution in [0.25, 0.3) is 65.7 Å². The standard InChI is InChI=1S/C37H26/c1-25-33-13-7-8-14-34(33)35-22-21-32(26-9-3-2-4-10-26)24-36(35)37(25)29-18-15-28(16-19-29)31-20-17-27-11-5-6-12-30(27)23-31/h2-24H,1H3. The van der Waals surface area contributed by atoms with Gasteiger partial charge in [0.25, 0.3) is 0 Å². The first-order valence-electron chi connectivity index (χ1n) is 12.9. The first-order valence-corrected chi connectivity index (χ1v) is 12.9. The number of benzene rings is 7. The molecular formula is C37H26. The number of fused-ring (bicyclic) bond motifs is 4. The molecule has 0 nitrogen and oxygen atoms in total. The van der Waals surface area contributed by atoms with Crippen molar-refractivity contribution in [2.75, 3.05) is 0 Å². The molecule has 0 amide bonds. The van der Waals surface area contributed by atoms with Crippen LogP contribution in [-0.4, -0.2) is 0 Å². The van der Waals surface area contributed by atoms with Crippen molar-refractivity contribution in [3.05, 3.63) is 145 Å². The molecule has 174 valence electrons. The van der Waals surface area contributed by atoms with Crippen LogP contribution < -0.4 is 0 Å². The van der Waals surface area contributed by atoms with E-state index in [2.05, 4.69) is 146 Å². The van der Waals surface area contributed by atoms with E-state index in [-0.39, 0.29) is 0 Å². The Labute approximate surface area is 217 Å². The first-order chi connectivity index (χ1) is 18.3. The minimum atomic E-state index is 1.24. The van der Waals surface area contributed by atoms with Crippen LogP contribution in [0.2, 0.25) is 0 Å². The predicted molar refractivity (Wildman–Crippen MR) is 160 cm³/mol. The van der Waals surface area contributed by atoms with Crippen molar-refractivity contribution in [1.82, 2.24) is 0 Å². The quantitative estimate of drug-likeness (QED) is 0.225. The summed E-state index contributed by atoms with van der Waals surface area (Å²) in [6, 6.07) is 50.8. The van der Waals surface area contributed by atoms with Gasteiger partial charge in [0.15, 0.2) is 0 Å². The molecule has 7 rings (SSSR count). The van der Waals surface area contributed by atoms with Gasteiger partial charge in [-0.1, -0.05) is 127 Å². The third kappa shape index (κ3) is 3.70. The van der Waals surface area contributed by atoms with Crippen molar-refractivity contribution in [3.8, 4) is 33.4 Å². The summed E-state index contributed by atoms with van der Waals surface area (Å²) in [6.07, 6.45) is 0. The fourth-order valence-electron chi connectivity index (χ4n) is 5.75. The van der Waals surface area contributed by atoms with E-state index in [1.54, 1.807) is 0 Å². The van der Waals surface area contributed by atoms with Crippen molar-refractivity contribution < 1.29 is 0 Å². The fourth-order valence-corrected chi connectivity index (χ4v) is 5.75. The van der Waals surface area contributed by atoms with Crippen molar-refractivity contribution in [1.29, 1.82) is 0 Å². The van der Waals surface area contributed by atoms with Crippen LogP contribution in [0.15, 0.2) is 140 Å². The van der Waals surface area contributed by atoms with Crippen molar-refractivity contribution in [3.63, 3.8) is 0 Å². The van der Waals surface area contributed by atoms with Crippen LogP contribution in [-0.2, 0) is 0 Å². The van der Waals surface area contributed by atoms with E-state index in [9.17, 15) is 0 Å². The Hall–Kier alpha value is -4.68. The van der Waals surface area contributed by atoms with E-state index in [1.165, 1.54) is 71.3 Å². The van der Waals surface area contributed by atoms with Crippen molar-refractivity contribution >= 4 is 32.3 Å². The number of rotatable bonds is 3. The summed E-state index contributed by atoms with van der Waals surface area (Å²) in [6.45, 7) is 2.27. The van der Waals surface area contributed by atoms with E-state index in [1.807, 2.05) is 0 Å². The molecule has 0 saturated heterocycles. The maximum absolute atomic E-state index is 2.37. The summed E-state index contributed by atoms with van der Waals surface area (Å²) >= 11 is 0. The number of hydrogen-bond donors (Lipinski definition) is 0. The van der Waals surface area contributed by atoms with Gasteiger partial charge in [-0.25, -0.2) is 0 Å². The molecule has 0 N–H and O–H groups in total. The van der Waals surface area contributed by atoms with Crippen LogP contribution in [0.4, 0.5) is 0 Å².